The van der Waals surface area contributed by atoms with Crippen molar-refractivity contribution < 1.29 is 19.4 Å². The predicted octanol–water partition coefficient (Wildman–Crippen LogP) is 4.87. The first-order valence-corrected chi connectivity index (χ1v) is 8.71. The molecule has 132 valence electrons. The van der Waals surface area contributed by atoms with E-state index < -0.39 is 5.97 Å². The molecular weight excluding hydrogens is 304 g/mol. The van der Waals surface area contributed by atoms with Crippen molar-refractivity contribution in [2.75, 3.05) is 6.61 Å². The number of hydrogen-bond donors (Lipinski definition) is 1. The van der Waals surface area contributed by atoms with Crippen LogP contribution in [0.4, 0.5) is 0 Å². The van der Waals surface area contributed by atoms with Gasteiger partial charge in [-0.1, -0.05) is 44.2 Å². The van der Waals surface area contributed by atoms with Crippen LogP contribution in [-0.2, 0) is 9.59 Å². The fourth-order valence-electron chi connectivity index (χ4n) is 2.39. The lowest BCUT2D eigenvalue weighted by Gasteiger charge is -2.06. The van der Waals surface area contributed by atoms with Crippen molar-refractivity contribution in [1.29, 1.82) is 0 Å². The Kier molecular flexibility index (Phi) is 10.3. The fourth-order valence-corrected chi connectivity index (χ4v) is 2.39. The molecule has 4 nitrogen and oxygen atoms in total. The third-order valence-electron chi connectivity index (χ3n) is 3.74. The van der Waals surface area contributed by atoms with E-state index >= 15 is 0 Å². The number of Topliss-reactive ketones (excluding diaryl/α,β-unsaturated/α-hetero) is 1. The molecule has 0 bridgehead atoms. The van der Waals surface area contributed by atoms with Gasteiger partial charge in [0, 0.05) is 12.5 Å². The topological polar surface area (TPSA) is 63.6 Å². The number of carbonyl (C=O) groups is 2. The molecule has 0 atom stereocenters. The highest BCUT2D eigenvalue weighted by molar-refractivity contribution is 5.85. The Hall–Kier alpha value is -2.10. The highest BCUT2D eigenvalue weighted by atomic mass is 16.5. The quantitative estimate of drug-likeness (QED) is 0.413. The number of ether oxygens (including phenoxy) is 1. The molecule has 4 heteroatoms. The minimum Gasteiger partial charge on any atom is -0.494 e. The zero-order chi connectivity index (χ0) is 17.6. The molecule has 0 aliphatic heterocycles. The van der Waals surface area contributed by atoms with Crippen LogP contribution < -0.4 is 4.74 Å². The maximum absolute atomic E-state index is 10.8. The lowest BCUT2D eigenvalue weighted by atomic mass is 10.1. The molecule has 0 radical (unpaired) electrons. The van der Waals surface area contributed by atoms with Crippen molar-refractivity contribution >= 4 is 17.8 Å². The summed E-state index contributed by atoms with van der Waals surface area (Å²) < 4.78 is 5.68. The summed E-state index contributed by atoms with van der Waals surface area (Å²) in [5.41, 5.74) is 0.842. The summed E-state index contributed by atoms with van der Waals surface area (Å²) in [6.45, 7) is 2.36. The molecule has 1 rings (SSSR count). The van der Waals surface area contributed by atoms with Gasteiger partial charge < -0.3 is 14.6 Å². The first-order chi connectivity index (χ1) is 11.6. The summed E-state index contributed by atoms with van der Waals surface area (Å²) in [6, 6.07) is 7.40. The van der Waals surface area contributed by atoms with E-state index in [0.717, 1.165) is 49.5 Å². The first kappa shape index (κ1) is 19.9. The summed E-state index contributed by atoms with van der Waals surface area (Å²) in [5, 5.41) is 8.57. The maximum Gasteiger partial charge on any atom is 0.328 e. The molecule has 0 heterocycles. The average molecular weight is 332 g/mol. The van der Waals surface area contributed by atoms with Gasteiger partial charge in [0.05, 0.1) is 6.61 Å². The number of aliphatic carboxylic acids is 1. The lowest BCUT2D eigenvalue weighted by molar-refractivity contribution is -0.131. The second-order valence-corrected chi connectivity index (χ2v) is 6.02. The number of ketones is 1. The van der Waals surface area contributed by atoms with Crippen LogP contribution in [0.25, 0.3) is 6.08 Å². The van der Waals surface area contributed by atoms with Crippen LogP contribution in [0.2, 0.25) is 0 Å². The summed E-state index contributed by atoms with van der Waals surface area (Å²) in [4.78, 5) is 21.2. The van der Waals surface area contributed by atoms with Crippen molar-refractivity contribution in [3.63, 3.8) is 0 Å². The molecule has 0 amide bonds. The van der Waals surface area contributed by atoms with E-state index in [1.165, 1.54) is 19.3 Å². The standard InChI is InChI=1S/C20H28O4/c1-17(21)9-7-5-3-2-4-6-8-16-24-19-13-10-18(11-14-19)12-15-20(22)23/h10-15H,2-9,16H2,1H3,(H,22,23)/b15-12+. The van der Waals surface area contributed by atoms with E-state index in [1.54, 1.807) is 13.0 Å². The SMILES string of the molecule is CC(=O)CCCCCCCCCOc1ccc(/C=C/C(=O)O)cc1. The largest absolute Gasteiger partial charge is 0.494 e. The van der Waals surface area contributed by atoms with Gasteiger partial charge in [0.2, 0.25) is 0 Å². The van der Waals surface area contributed by atoms with Crippen LogP contribution in [0.3, 0.4) is 0 Å². The Balaban J connectivity index is 2.03. The number of carboxylic acid groups (broad SMARTS) is 1. The van der Waals surface area contributed by atoms with Crippen LogP contribution in [-0.4, -0.2) is 23.5 Å². The van der Waals surface area contributed by atoms with E-state index in [9.17, 15) is 9.59 Å². The predicted molar refractivity (Wildman–Crippen MR) is 96.2 cm³/mol. The van der Waals surface area contributed by atoms with Gasteiger partial charge in [0.1, 0.15) is 11.5 Å². The smallest absolute Gasteiger partial charge is 0.328 e. The molecule has 0 aromatic heterocycles. The normalized spacial score (nSPS) is 10.9. The average Bonchev–Trinajstić information content (AvgIpc) is 2.55. The first-order valence-electron chi connectivity index (χ1n) is 8.71. The molecule has 0 saturated heterocycles. The van der Waals surface area contributed by atoms with Crippen molar-refractivity contribution in [1.82, 2.24) is 0 Å². The second-order valence-electron chi connectivity index (χ2n) is 6.02. The number of hydrogen-bond acceptors (Lipinski definition) is 3. The molecular formula is C20H28O4. The van der Waals surface area contributed by atoms with Gasteiger partial charge in [-0.3, -0.25) is 0 Å². The van der Waals surface area contributed by atoms with E-state index in [1.807, 2.05) is 24.3 Å². The number of rotatable bonds is 13. The number of unbranched alkanes of at least 4 members (excludes halogenated alkanes) is 6. The molecule has 1 aromatic carbocycles. The zero-order valence-electron chi connectivity index (χ0n) is 14.5. The maximum atomic E-state index is 10.8. The molecule has 1 aromatic rings. The highest BCUT2D eigenvalue weighted by Gasteiger charge is 1.97. The summed E-state index contributed by atoms with van der Waals surface area (Å²) in [6.07, 6.45) is 11.4. The molecule has 24 heavy (non-hydrogen) atoms. The fraction of sp³-hybridized carbons (Fsp3) is 0.500. The Morgan fingerprint density at radius 3 is 2.12 bits per heavy atom. The Labute approximate surface area is 144 Å². The van der Waals surface area contributed by atoms with Gasteiger partial charge in [-0.05, 0) is 43.5 Å². The molecule has 0 fully saturated rings. The van der Waals surface area contributed by atoms with Gasteiger partial charge >= 0.3 is 5.97 Å². The van der Waals surface area contributed by atoms with E-state index in [2.05, 4.69) is 0 Å². The minimum atomic E-state index is -0.950. The van der Waals surface area contributed by atoms with Crippen LogP contribution in [0.5, 0.6) is 5.75 Å². The number of carboxylic acids is 1. The zero-order valence-corrected chi connectivity index (χ0v) is 14.5. The van der Waals surface area contributed by atoms with E-state index in [-0.39, 0.29) is 5.78 Å². The molecule has 0 aliphatic rings. The van der Waals surface area contributed by atoms with E-state index in [4.69, 9.17) is 9.84 Å². The molecule has 0 saturated carbocycles. The molecule has 0 spiro atoms. The van der Waals surface area contributed by atoms with Crippen molar-refractivity contribution in [3.8, 4) is 5.75 Å². The van der Waals surface area contributed by atoms with Gasteiger partial charge in [-0.15, -0.1) is 0 Å². The monoisotopic (exact) mass is 332 g/mol. The van der Waals surface area contributed by atoms with Gasteiger partial charge in [-0.2, -0.15) is 0 Å². The van der Waals surface area contributed by atoms with Crippen molar-refractivity contribution in [2.45, 2.75) is 58.3 Å². The third-order valence-corrected chi connectivity index (χ3v) is 3.74. The molecule has 0 aliphatic carbocycles. The van der Waals surface area contributed by atoms with Crippen LogP contribution in [0, 0.1) is 0 Å². The second kappa shape index (κ2) is 12.3. The van der Waals surface area contributed by atoms with Gasteiger partial charge in [0.15, 0.2) is 0 Å². The highest BCUT2D eigenvalue weighted by Crippen LogP contribution is 2.14. The number of benzene rings is 1. The molecule has 0 unspecified atom stereocenters. The number of carbonyl (C=O) groups excluding carboxylic acids is 1. The van der Waals surface area contributed by atoms with Gasteiger partial charge in [-0.25, -0.2) is 4.79 Å². The van der Waals surface area contributed by atoms with Crippen molar-refractivity contribution in [3.05, 3.63) is 35.9 Å². The molecule has 1 N–H and O–H groups in total. The Bertz CT molecular complexity index is 517. The minimum absolute atomic E-state index is 0.290. The Morgan fingerprint density at radius 1 is 0.958 bits per heavy atom. The van der Waals surface area contributed by atoms with Crippen molar-refractivity contribution in [2.24, 2.45) is 0 Å². The van der Waals surface area contributed by atoms with Crippen LogP contribution in [0.15, 0.2) is 30.3 Å². The summed E-state index contributed by atoms with van der Waals surface area (Å²) in [7, 11) is 0. The van der Waals surface area contributed by atoms with Crippen LogP contribution >= 0.6 is 0 Å². The van der Waals surface area contributed by atoms with Crippen LogP contribution in [0.1, 0.15) is 63.9 Å². The van der Waals surface area contributed by atoms with Gasteiger partial charge in [0.25, 0.3) is 0 Å². The summed E-state index contributed by atoms with van der Waals surface area (Å²) >= 11 is 0. The summed E-state index contributed by atoms with van der Waals surface area (Å²) in [5.74, 6) is 0.152. The Morgan fingerprint density at radius 2 is 1.54 bits per heavy atom. The third kappa shape index (κ3) is 10.6. The lowest BCUT2D eigenvalue weighted by Crippen LogP contribution is -1.97. The van der Waals surface area contributed by atoms with E-state index in [0.29, 0.717) is 6.61 Å².